The molecule has 0 radical (unpaired) electrons. The topological polar surface area (TPSA) is 20.2 Å². The molecule has 0 aromatic heterocycles. The SMILES string of the molecule is OC1CCC2CC(C3CCCCC3)C(F)C(F)C2C1F. The Labute approximate surface area is 118 Å². The van der Waals surface area contributed by atoms with E-state index in [1.807, 2.05) is 0 Å². The third-order valence-electron chi connectivity index (χ3n) is 6.02. The highest BCUT2D eigenvalue weighted by Crippen LogP contribution is 2.50. The van der Waals surface area contributed by atoms with Gasteiger partial charge in [-0.05, 0) is 37.0 Å². The summed E-state index contributed by atoms with van der Waals surface area (Å²) in [6.45, 7) is 0. The van der Waals surface area contributed by atoms with E-state index < -0.39 is 30.5 Å². The van der Waals surface area contributed by atoms with E-state index in [0.29, 0.717) is 19.3 Å². The molecule has 0 heterocycles. The van der Waals surface area contributed by atoms with Gasteiger partial charge in [0.25, 0.3) is 0 Å². The van der Waals surface area contributed by atoms with E-state index in [9.17, 15) is 18.3 Å². The molecular weight excluding hydrogens is 265 g/mol. The monoisotopic (exact) mass is 290 g/mol. The van der Waals surface area contributed by atoms with Crippen molar-refractivity contribution in [3.05, 3.63) is 0 Å². The Morgan fingerprint density at radius 2 is 1.40 bits per heavy atom. The number of aliphatic hydroxyl groups is 1. The van der Waals surface area contributed by atoms with Gasteiger partial charge in [0.2, 0.25) is 0 Å². The molecule has 0 aromatic carbocycles. The van der Waals surface area contributed by atoms with E-state index in [1.165, 1.54) is 6.42 Å². The van der Waals surface area contributed by atoms with Gasteiger partial charge in [-0.1, -0.05) is 32.1 Å². The zero-order valence-electron chi connectivity index (χ0n) is 11.9. The summed E-state index contributed by atoms with van der Waals surface area (Å²) in [5.74, 6) is -0.951. The highest BCUT2D eigenvalue weighted by molar-refractivity contribution is 5.01. The molecule has 20 heavy (non-hydrogen) atoms. The predicted molar refractivity (Wildman–Crippen MR) is 71.6 cm³/mol. The summed E-state index contributed by atoms with van der Waals surface area (Å²) in [6.07, 6.45) is 1.11. The summed E-state index contributed by atoms with van der Waals surface area (Å²) in [6, 6.07) is 0. The Hall–Kier alpha value is -0.250. The maximum atomic E-state index is 14.5. The number of aliphatic hydroxyl groups excluding tert-OH is 1. The van der Waals surface area contributed by atoms with Gasteiger partial charge in [-0.3, -0.25) is 0 Å². The van der Waals surface area contributed by atoms with Crippen LogP contribution in [0.5, 0.6) is 0 Å². The quantitative estimate of drug-likeness (QED) is 0.774. The summed E-state index contributed by atoms with van der Waals surface area (Å²) in [4.78, 5) is 0. The predicted octanol–water partition coefficient (Wildman–Crippen LogP) is 3.99. The molecule has 7 atom stereocenters. The van der Waals surface area contributed by atoms with Gasteiger partial charge in [-0.25, -0.2) is 13.2 Å². The van der Waals surface area contributed by atoms with Crippen LogP contribution >= 0.6 is 0 Å². The molecule has 0 spiro atoms. The minimum Gasteiger partial charge on any atom is -0.390 e. The lowest BCUT2D eigenvalue weighted by Crippen LogP contribution is -2.54. The maximum Gasteiger partial charge on any atom is 0.137 e. The molecule has 116 valence electrons. The molecule has 3 fully saturated rings. The lowest BCUT2D eigenvalue weighted by atomic mass is 9.60. The van der Waals surface area contributed by atoms with Crippen LogP contribution in [-0.2, 0) is 0 Å². The highest BCUT2D eigenvalue weighted by atomic mass is 19.2. The second kappa shape index (κ2) is 5.86. The van der Waals surface area contributed by atoms with Gasteiger partial charge in [0.15, 0.2) is 0 Å². The summed E-state index contributed by atoms with van der Waals surface area (Å²) >= 11 is 0. The van der Waals surface area contributed by atoms with Crippen molar-refractivity contribution in [2.45, 2.75) is 76.0 Å². The second-order valence-electron chi connectivity index (χ2n) is 7.11. The van der Waals surface area contributed by atoms with Crippen LogP contribution < -0.4 is 0 Å². The van der Waals surface area contributed by atoms with Gasteiger partial charge in [0, 0.05) is 5.92 Å². The van der Waals surface area contributed by atoms with Crippen molar-refractivity contribution in [3.8, 4) is 0 Å². The molecule has 0 amide bonds. The van der Waals surface area contributed by atoms with Crippen molar-refractivity contribution in [3.63, 3.8) is 0 Å². The summed E-state index contributed by atoms with van der Waals surface area (Å²) in [7, 11) is 0. The van der Waals surface area contributed by atoms with Crippen LogP contribution in [0.25, 0.3) is 0 Å². The molecule has 0 aliphatic heterocycles. The molecule has 0 bridgehead atoms. The molecule has 1 N–H and O–H groups in total. The Kier molecular flexibility index (Phi) is 4.30. The molecule has 0 saturated heterocycles. The van der Waals surface area contributed by atoms with E-state index in [4.69, 9.17) is 0 Å². The first-order chi connectivity index (χ1) is 9.59. The molecule has 3 rings (SSSR count). The number of hydrogen-bond acceptors (Lipinski definition) is 1. The summed E-state index contributed by atoms with van der Waals surface area (Å²) < 4.78 is 42.9. The van der Waals surface area contributed by atoms with Crippen molar-refractivity contribution in [2.24, 2.45) is 23.7 Å². The number of fused-ring (bicyclic) bond motifs is 1. The summed E-state index contributed by atoms with van der Waals surface area (Å²) in [5, 5.41) is 9.57. The summed E-state index contributed by atoms with van der Waals surface area (Å²) in [5.41, 5.74) is 0. The second-order valence-corrected chi connectivity index (χ2v) is 7.11. The van der Waals surface area contributed by atoms with Crippen molar-refractivity contribution >= 4 is 0 Å². The third kappa shape index (κ3) is 2.49. The first-order valence-corrected chi connectivity index (χ1v) is 8.20. The largest absolute Gasteiger partial charge is 0.390 e. The fourth-order valence-electron chi connectivity index (χ4n) is 4.91. The van der Waals surface area contributed by atoms with Gasteiger partial charge in [0.05, 0.1) is 6.10 Å². The van der Waals surface area contributed by atoms with Crippen molar-refractivity contribution in [1.29, 1.82) is 0 Å². The van der Waals surface area contributed by atoms with Crippen LogP contribution in [0.1, 0.15) is 51.4 Å². The maximum absolute atomic E-state index is 14.5. The van der Waals surface area contributed by atoms with E-state index in [2.05, 4.69) is 0 Å². The number of halogens is 3. The van der Waals surface area contributed by atoms with E-state index in [0.717, 1.165) is 25.7 Å². The minimum absolute atomic E-state index is 0.0812. The lowest BCUT2D eigenvalue weighted by molar-refractivity contribution is -0.115. The van der Waals surface area contributed by atoms with Crippen LogP contribution in [0.15, 0.2) is 0 Å². The standard InChI is InChI=1S/C16H25F3O/c17-14-11(9-4-2-1-3-5-9)8-10-6-7-12(20)15(18)13(10)16(14)19/h9-16,20H,1-8H2. The van der Waals surface area contributed by atoms with Gasteiger partial charge in [-0.15, -0.1) is 0 Å². The van der Waals surface area contributed by atoms with Crippen LogP contribution in [0, 0.1) is 23.7 Å². The number of rotatable bonds is 1. The zero-order valence-corrected chi connectivity index (χ0v) is 11.9. The Morgan fingerprint density at radius 1 is 0.700 bits per heavy atom. The molecule has 7 unspecified atom stereocenters. The number of alkyl halides is 3. The van der Waals surface area contributed by atoms with E-state index in [-0.39, 0.29) is 17.8 Å². The van der Waals surface area contributed by atoms with Crippen LogP contribution in [0.2, 0.25) is 0 Å². The van der Waals surface area contributed by atoms with Crippen LogP contribution in [0.3, 0.4) is 0 Å². The van der Waals surface area contributed by atoms with Crippen LogP contribution in [0.4, 0.5) is 13.2 Å². The first kappa shape index (κ1) is 14.7. The fraction of sp³-hybridized carbons (Fsp3) is 1.00. The zero-order chi connectivity index (χ0) is 14.3. The van der Waals surface area contributed by atoms with Gasteiger partial charge in [0.1, 0.15) is 18.5 Å². The average Bonchev–Trinajstić information content (AvgIpc) is 2.47. The lowest BCUT2D eigenvalue weighted by Gasteiger charge is -2.48. The van der Waals surface area contributed by atoms with Gasteiger partial charge >= 0.3 is 0 Å². The normalized spacial score (nSPS) is 50.7. The van der Waals surface area contributed by atoms with Gasteiger partial charge < -0.3 is 5.11 Å². The first-order valence-electron chi connectivity index (χ1n) is 8.20. The molecule has 1 nitrogen and oxygen atoms in total. The van der Waals surface area contributed by atoms with E-state index in [1.54, 1.807) is 0 Å². The van der Waals surface area contributed by atoms with Gasteiger partial charge in [-0.2, -0.15) is 0 Å². The fourth-order valence-corrected chi connectivity index (χ4v) is 4.91. The highest BCUT2D eigenvalue weighted by Gasteiger charge is 2.53. The van der Waals surface area contributed by atoms with E-state index >= 15 is 0 Å². The third-order valence-corrected chi connectivity index (χ3v) is 6.02. The molecule has 4 heteroatoms. The molecule has 3 aliphatic carbocycles. The molecule has 3 aliphatic rings. The van der Waals surface area contributed by atoms with Crippen molar-refractivity contribution < 1.29 is 18.3 Å². The Bertz CT molecular complexity index is 330. The minimum atomic E-state index is -1.73. The number of hydrogen-bond donors (Lipinski definition) is 1. The Morgan fingerprint density at radius 3 is 2.10 bits per heavy atom. The Balaban J connectivity index is 1.74. The van der Waals surface area contributed by atoms with Crippen molar-refractivity contribution in [2.75, 3.05) is 0 Å². The smallest absolute Gasteiger partial charge is 0.137 e. The molecule has 0 aromatic rings. The molecular formula is C16H25F3O. The molecule has 3 saturated carbocycles. The van der Waals surface area contributed by atoms with Crippen LogP contribution in [-0.4, -0.2) is 29.7 Å². The average molecular weight is 290 g/mol. The van der Waals surface area contributed by atoms with Crippen molar-refractivity contribution in [1.82, 2.24) is 0 Å².